The minimum absolute atomic E-state index is 0.0564. The molecule has 62 heavy (non-hydrogen) atoms. The summed E-state index contributed by atoms with van der Waals surface area (Å²) >= 11 is 0. The zero-order chi connectivity index (χ0) is 47.9. The molecule has 0 heterocycles. The summed E-state index contributed by atoms with van der Waals surface area (Å²) in [5.41, 5.74) is 11.1. The van der Waals surface area contributed by atoms with E-state index < -0.39 is 152 Å². The molecule has 0 radical (unpaired) electrons. The van der Waals surface area contributed by atoms with Crippen molar-refractivity contribution in [3.05, 3.63) is 0 Å². The Kier molecular flexibility index (Phi) is 25.9. The minimum atomic E-state index is -1.67. The Morgan fingerprint density at radius 2 is 0.935 bits per heavy atom. The highest BCUT2D eigenvalue weighted by molar-refractivity contribution is 5.98. The van der Waals surface area contributed by atoms with E-state index in [-0.39, 0.29) is 18.8 Å². The molecule has 0 aliphatic rings. The zero-order valence-corrected chi connectivity index (χ0v) is 36.0. The average Bonchev–Trinajstić information content (AvgIpc) is 3.17. The Hall–Kier alpha value is -5.91. The number of carboxylic acid groups (broad SMARTS) is 4. The molecule has 0 aliphatic carbocycles. The van der Waals surface area contributed by atoms with Crippen LogP contribution in [0.1, 0.15) is 106 Å². The molecule has 15 N–H and O–H groups in total. The SMILES string of the molecule is CCC(C)C(NC(=O)C(N)CC(=O)O)C(=O)NC(CCC(=O)O)C(=O)NC(CCC(=O)O)C(=O)NC(C)C(=O)NC(CC(C)C)C(=O)NC(C)C(=O)NC(CCCCN)C(=O)O. The van der Waals surface area contributed by atoms with Crippen LogP contribution in [0.4, 0.5) is 0 Å². The van der Waals surface area contributed by atoms with Crippen LogP contribution in [0.3, 0.4) is 0 Å². The molecule has 0 saturated carbocycles. The molecule has 9 unspecified atom stereocenters. The number of amides is 7. The Morgan fingerprint density at radius 3 is 1.35 bits per heavy atom. The number of carbonyl (C=O) groups is 11. The summed E-state index contributed by atoms with van der Waals surface area (Å²) < 4.78 is 0. The maximum absolute atomic E-state index is 13.6. The van der Waals surface area contributed by atoms with E-state index in [2.05, 4.69) is 37.2 Å². The van der Waals surface area contributed by atoms with Gasteiger partial charge in [-0.2, -0.15) is 0 Å². The van der Waals surface area contributed by atoms with Crippen molar-refractivity contribution in [2.24, 2.45) is 23.3 Å². The second-order valence-electron chi connectivity index (χ2n) is 15.4. The van der Waals surface area contributed by atoms with Crippen molar-refractivity contribution in [2.45, 2.75) is 154 Å². The lowest BCUT2D eigenvalue weighted by molar-refractivity contribution is -0.142. The number of nitrogens with two attached hydrogens (primary N) is 2. The van der Waals surface area contributed by atoms with Crippen LogP contribution in [-0.4, -0.2) is 141 Å². The Morgan fingerprint density at radius 1 is 0.500 bits per heavy atom. The lowest BCUT2D eigenvalue weighted by Crippen LogP contribution is -2.60. The lowest BCUT2D eigenvalue weighted by Gasteiger charge is -2.28. The molecule has 0 saturated heterocycles. The normalized spacial score (nSPS) is 15.4. The molecule has 0 aliphatic heterocycles. The maximum atomic E-state index is 13.6. The van der Waals surface area contributed by atoms with E-state index in [4.69, 9.17) is 16.6 Å². The van der Waals surface area contributed by atoms with Crippen LogP contribution in [0.2, 0.25) is 0 Å². The monoisotopic (exact) mass is 887 g/mol. The van der Waals surface area contributed by atoms with Crippen LogP contribution in [0.15, 0.2) is 0 Å². The molecular formula is C38H65N9O15. The summed E-state index contributed by atoms with van der Waals surface area (Å²) in [6, 6.07) is -11.4. The Balaban J connectivity index is 6.14. The van der Waals surface area contributed by atoms with E-state index in [0.717, 1.165) is 0 Å². The number of carbonyl (C=O) groups excluding carboxylic acids is 7. The van der Waals surface area contributed by atoms with Crippen molar-refractivity contribution in [1.82, 2.24) is 37.2 Å². The van der Waals surface area contributed by atoms with Gasteiger partial charge in [0.05, 0.1) is 12.5 Å². The molecular weight excluding hydrogens is 822 g/mol. The van der Waals surface area contributed by atoms with Crippen molar-refractivity contribution in [3.63, 3.8) is 0 Å². The topological polar surface area (TPSA) is 405 Å². The number of hydrogen-bond donors (Lipinski definition) is 13. The van der Waals surface area contributed by atoms with E-state index in [1.54, 1.807) is 27.7 Å². The number of unbranched alkanes of at least 4 members (excludes halogenated alkanes) is 1. The predicted molar refractivity (Wildman–Crippen MR) is 218 cm³/mol. The van der Waals surface area contributed by atoms with Crippen LogP contribution in [0, 0.1) is 11.8 Å². The van der Waals surface area contributed by atoms with Gasteiger partial charge in [0.2, 0.25) is 41.4 Å². The maximum Gasteiger partial charge on any atom is 0.326 e. The molecule has 0 rings (SSSR count). The van der Waals surface area contributed by atoms with Crippen molar-refractivity contribution >= 4 is 65.2 Å². The number of hydrogen-bond acceptors (Lipinski definition) is 13. The van der Waals surface area contributed by atoms with Crippen LogP contribution < -0.4 is 48.7 Å². The molecule has 7 amide bonds. The van der Waals surface area contributed by atoms with Gasteiger partial charge in [0.15, 0.2) is 0 Å². The highest BCUT2D eigenvalue weighted by atomic mass is 16.4. The van der Waals surface area contributed by atoms with Gasteiger partial charge >= 0.3 is 23.9 Å². The van der Waals surface area contributed by atoms with Crippen LogP contribution in [0.25, 0.3) is 0 Å². The van der Waals surface area contributed by atoms with E-state index in [1.807, 2.05) is 0 Å². The molecule has 9 atom stereocenters. The smallest absolute Gasteiger partial charge is 0.326 e. The molecule has 0 fully saturated rings. The highest BCUT2D eigenvalue weighted by Gasteiger charge is 2.35. The van der Waals surface area contributed by atoms with E-state index >= 15 is 0 Å². The van der Waals surface area contributed by atoms with Crippen LogP contribution in [-0.2, 0) is 52.7 Å². The Bertz CT molecular complexity index is 1590. The number of nitrogens with one attached hydrogen (secondary N) is 7. The summed E-state index contributed by atoms with van der Waals surface area (Å²) in [5.74, 6) is -12.9. The molecule has 0 aromatic carbocycles. The van der Waals surface area contributed by atoms with Crippen molar-refractivity contribution in [3.8, 4) is 0 Å². The van der Waals surface area contributed by atoms with Crippen LogP contribution >= 0.6 is 0 Å². The fourth-order valence-electron chi connectivity index (χ4n) is 5.66. The summed E-state index contributed by atoms with van der Waals surface area (Å²) in [6.07, 6.45) is -1.75. The van der Waals surface area contributed by atoms with Gasteiger partial charge in [0, 0.05) is 12.8 Å². The standard InChI is InChI=1S/C38H65N9O15/c1-7-19(4)30(47-33(56)22(40)17-29(52)53)37(60)44-24(12-14-28(50)51)35(58)43-23(11-13-27(48)49)34(57)41-21(6)32(55)46-26(16-18(2)3)36(59)42-20(5)31(54)45-25(38(61)62)10-8-9-15-39/h18-26,30H,7-17,39-40H2,1-6H3,(H,41,57)(H,42,59)(H,43,58)(H,44,60)(H,45,54)(H,46,55)(H,47,56)(H,48,49)(H,50,51)(H,52,53)(H,61,62). The van der Waals surface area contributed by atoms with Crippen molar-refractivity contribution < 1.29 is 73.2 Å². The fraction of sp³-hybridized carbons (Fsp3) is 0.711. The predicted octanol–water partition coefficient (Wildman–Crippen LogP) is -2.74. The fourth-order valence-corrected chi connectivity index (χ4v) is 5.66. The zero-order valence-electron chi connectivity index (χ0n) is 36.0. The molecule has 0 aromatic rings. The van der Waals surface area contributed by atoms with Gasteiger partial charge in [0.25, 0.3) is 0 Å². The molecule has 0 aromatic heterocycles. The molecule has 352 valence electrons. The van der Waals surface area contributed by atoms with Gasteiger partial charge in [-0.25, -0.2) is 4.79 Å². The Labute approximate surface area is 359 Å². The first-order valence-corrected chi connectivity index (χ1v) is 20.3. The highest BCUT2D eigenvalue weighted by Crippen LogP contribution is 2.12. The van der Waals surface area contributed by atoms with Gasteiger partial charge in [-0.15, -0.1) is 0 Å². The lowest BCUT2D eigenvalue weighted by atomic mass is 9.97. The largest absolute Gasteiger partial charge is 0.481 e. The van der Waals surface area contributed by atoms with E-state index in [0.29, 0.717) is 25.8 Å². The van der Waals surface area contributed by atoms with Crippen molar-refractivity contribution in [1.29, 1.82) is 0 Å². The van der Waals surface area contributed by atoms with E-state index in [9.17, 15) is 68.1 Å². The van der Waals surface area contributed by atoms with E-state index in [1.165, 1.54) is 13.8 Å². The quantitative estimate of drug-likeness (QED) is 0.0314. The third-order valence-electron chi connectivity index (χ3n) is 9.49. The van der Waals surface area contributed by atoms with Gasteiger partial charge in [-0.05, 0) is 70.8 Å². The minimum Gasteiger partial charge on any atom is -0.481 e. The molecule has 24 heteroatoms. The first kappa shape index (κ1) is 56.1. The first-order valence-electron chi connectivity index (χ1n) is 20.3. The summed E-state index contributed by atoms with van der Waals surface area (Å²) in [4.78, 5) is 138. The van der Waals surface area contributed by atoms with Gasteiger partial charge in [-0.1, -0.05) is 34.1 Å². The molecule has 0 bridgehead atoms. The third-order valence-corrected chi connectivity index (χ3v) is 9.49. The van der Waals surface area contributed by atoms with Gasteiger partial charge < -0.3 is 69.1 Å². The molecule has 0 spiro atoms. The second-order valence-corrected chi connectivity index (χ2v) is 15.4. The number of rotatable bonds is 31. The van der Waals surface area contributed by atoms with Crippen LogP contribution in [0.5, 0.6) is 0 Å². The summed E-state index contributed by atoms with van der Waals surface area (Å²) in [5, 5.41) is 53.8. The number of aliphatic carboxylic acids is 4. The third kappa shape index (κ3) is 22.1. The van der Waals surface area contributed by atoms with Gasteiger partial charge in [0.1, 0.15) is 42.3 Å². The van der Waals surface area contributed by atoms with Gasteiger partial charge in [-0.3, -0.25) is 47.9 Å². The average molecular weight is 888 g/mol. The summed E-state index contributed by atoms with van der Waals surface area (Å²) in [6.45, 7) is 9.59. The first-order chi connectivity index (χ1) is 28.8. The molecule has 24 nitrogen and oxygen atoms in total. The van der Waals surface area contributed by atoms with Crippen molar-refractivity contribution in [2.75, 3.05) is 6.54 Å². The second kappa shape index (κ2) is 28.6. The summed E-state index contributed by atoms with van der Waals surface area (Å²) in [7, 11) is 0. The number of carboxylic acids is 4.